The zero-order valence-electron chi connectivity index (χ0n) is 15.0. The van der Waals surface area contributed by atoms with Crippen LogP contribution in [0.25, 0.3) is 0 Å². The smallest absolute Gasteiger partial charge is 0.119 e. The first-order chi connectivity index (χ1) is 12.1. The third-order valence-electron chi connectivity index (χ3n) is 5.24. The zero-order valence-corrected chi connectivity index (χ0v) is 15.8. The highest BCUT2D eigenvalue weighted by Crippen LogP contribution is 2.37. The molecule has 134 valence electrons. The first-order valence-corrected chi connectivity index (χ1v) is 9.78. The second-order valence-electron chi connectivity index (χ2n) is 7.24. The number of benzene rings is 1. The van der Waals surface area contributed by atoms with Crippen molar-refractivity contribution in [3.63, 3.8) is 0 Å². The number of rotatable bonds is 5. The maximum Gasteiger partial charge on any atom is 0.119 e. The summed E-state index contributed by atoms with van der Waals surface area (Å²) in [4.78, 5) is 5.39. The van der Waals surface area contributed by atoms with Gasteiger partial charge in [-0.05, 0) is 49.7 Å². The molecule has 0 saturated carbocycles. The highest BCUT2D eigenvalue weighted by Gasteiger charge is 2.45. The van der Waals surface area contributed by atoms with Gasteiger partial charge in [0, 0.05) is 41.5 Å². The molecule has 25 heavy (non-hydrogen) atoms. The quantitative estimate of drug-likeness (QED) is 0.879. The van der Waals surface area contributed by atoms with Gasteiger partial charge in [0.25, 0.3) is 0 Å². The minimum absolute atomic E-state index is 0.0381. The number of hydrogen-bond donors (Lipinski definition) is 1. The van der Waals surface area contributed by atoms with E-state index in [2.05, 4.69) is 41.4 Å². The standard InChI is InChI=1S/C20H26N2O2S/c1-15-3-8-19(25-15)12-22-10-9-20(14-22)11-17(13-24-20)21-16-4-6-18(23-2)7-5-16/h3-8,17,21H,9-14H2,1-2H3/t17-,20-/m0/s1. The van der Waals surface area contributed by atoms with Crippen molar-refractivity contribution >= 4 is 17.0 Å². The monoisotopic (exact) mass is 358 g/mol. The van der Waals surface area contributed by atoms with Gasteiger partial charge < -0.3 is 14.8 Å². The molecule has 5 heteroatoms. The van der Waals surface area contributed by atoms with E-state index in [4.69, 9.17) is 9.47 Å². The molecule has 2 aliphatic rings. The van der Waals surface area contributed by atoms with Crippen LogP contribution in [0.3, 0.4) is 0 Å². The lowest BCUT2D eigenvalue weighted by Gasteiger charge is -2.23. The Morgan fingerprint density at radius 2 is 2.12 bits per heavy atom. The Kier molecular flexibility index (Phi) is 4.71. The Labute approximate surface area is 153 Å². The SMILES string of the molecule is COc1ccc(N[C@@H]2CO[C@@]3(CCN(Cc4ccc(C)s4)C3)C2)cc1. The Bertz CT molecular complexity index is 715. The molecule has 0 amide bonds. The van der Waals surface area contributed by atoms with Gasteiger partial charge in [0.05, 0.1) is 25.4 Å². The van der Waals surface area contributed by atoms with Crippen LogP contribution in [0.4, 0.5) is 5.69 Å². The van der Waals surface area contributed by atoms with Crippen molar-refractivity contribution in [1.82, 2.24) is 4.90 Å². The number of hydrogen-bond acceptors (Lipinski definition) is 5. The number of anilines is 1. The fourth-order valence-corrected chi connectivity index (χ4v) is 4.93. The highest BCUT2D eigenvalue weighted by atomic mass is 32.1. The van der Waals surface area contributed by atoms with Gasteiger partial charge in [0.1, 0.15) is 5.75 Å². The van der Waals surface area contributed by atoms with Crippen LogP contribution in [0.1, 0.15) is 22.6 Å². The first kappa shape index (κ1) is 16.9. The molecule has 2 aliphatic heterocycles. The van der Waals surface area contributed by atoms with E-state index < -0.39 is 0 Å². The lowest BCUT2D eigenvalue weighted by atomic mass is 9.97. The van der Waals surface area contributed by atoms with Gasteiger partial charge in [-0.2, -0.15) is 0 Å². The summed E-state index contributed by atoms with van der Waals surface area (Å²) in [5.74, 6) is 0.889. The number of nitrogens with one attached hydrogen (secondary N) is 1. The summed E-state index contributed by atoms with van der Waals surface area (Å²) in [5, 5.41) is 3.61. The van der Waals surface area contributed by atoms with E-state index in [0.717, 1.165) is 50.5 Å². The molecule has 1 aromatic carbocycles. The number of thiophene rings is 1. The lowest BCUT2D eigenvalue weighted by Crippen LogP contribution is -2.33. The van der Waals surface area contributed by atoms with Crippen molar-refractivity contribution in [2.75, 3.05) is 32.1 Å². The number of aryl methyl sites for hydroxylation is 1. The molecule has 0 unspecified atom stereocenters. The summed E-state index contributed by atoms with van der Waals surface area (Å²) in [7, 11) is 1.69. The number of methoxy groups -OCH3 is 1. The summed E-state index contributed by atoms with van der Waals surface area (Å²) in [6.45, 7) is 6.20. The third-order valence-corrected chi connectivity index (χ3v) is 6.23. The molecule has 1 N–H and O–H groups in total. The maximum absolute atomic E-state index is 6.28. The van der Waals surface area contributed by atoms with E-state index in [9.17, 15) is 0 Å². The van der Waals surface area contributed by atoms with Crippen LogP contribution >= 0.6 is 11.3 Å². The summed E-state index contributed by atoms with van der Waals surface area (Å²) in [6.07, 6.45) is 2.22. The molecular weight excluding hydrogens is 332 g/mol. The second-order valence-corrected chi connectivity index (χ2v) is 8.61. The van der Waals surface area contributed by atoms with Gasteiger partial charge in [0.2, 0.25) is 0 Å². The molecule has 2 fully saturated rings. The van der Waals surface area contributed by atoms with E-state index in [1.165, 1.54) is 9.75 Å². The summed E-state index contributed by atoms with van der Waals surface area (Å²) >= 11 is 1.91. The maximum atomic E-state index is 6.28. The summed E-state index contributed by atoms with van der Waals surface area (Å²) in [6, 6.07) is 13.0. The fourth-order valence-electron chi connectivity index (χ4n) is 4.00. The van der Waals surface area contributed by atoms with Gasteiger partial charge in [-0.1, -0.05) is 0 Å². The average molecular weight is 359 g/mol. The van der Waals surface area contributed by atoms with E-state index in [-0.39, 0.29) is 5.60 Å². The molecule has 0 bridgehead atoms. The van der Waals surface area contributed by atoms with Crippen molar-refractivity contribution in [3.8, 4) is 5.75 Å². The second kappa shape index (κ2) is 6.98. The number of nitrogens with zero attached hydrogens (tertiary/aromatic N) is 1. The molecule has 2 aromatic rings. The largest absolute Gasteiger partial charge is 0.497 e. The predicted molar refractivity (Wildman–Crippen MR) is 103 cm³/mol. The van der Waals surface area contributed by atoms with Gasteiger partial charge in [-0.15, -0.1) is 11.3 Å². The van der Waals surface area contributed by atoms with E-state index in [0.29, 0.717) is 6.04 Å². The normalized spacial score (nSPS) is 26.4. The fraction of sp³-hybridized carbons (Fsp3) is 0.500. The van der Waals surface area contributed by atoms with Gasteiger partial charge in [-0.3, -0.25) is 4.90 Å². The Balaban J connectivity index is 1.32. The third kappa shape index (κ3) is 3.84. The first-order valence-electron chi connectivity index (χ1n) is 8.96. The van der Waals surface area contributed by atoms with E-state index in [1.807, 2.05) is 23.5 Å². The van der Waals surface area contributed by atoms with Crippen molar-refractivity contribution in [3.05, 3.63) is 46.2 Å². The van der Waals surface area contributed by atoms with Crippen molar-refractivity contribution < 1.29 is 9.47 Å². The summed E-state index contributed by atoms with van der Waals surface area (Å²) < 4.78 is 11.5. The van der Waals surface area contributed by atoms with Crippen molar-refractivity contribution in [2.24, 2.45) is 0 Å². The van der Waals surface area contributed by atoms with Crippen molar-refractivity contribution in [1.29, 1.82) is 0 Å². The minimum Gasteiger partial charge on any atom is -0.497 e. The molecule has 3 heterocycles. The summed E-state index contributed by atoms with van der Waals surface area (Å²) in [5.41, 5.74) is 1.17. The molecule has 1 aromatic heterocycles. The van der Waals surface area contributed by atoms with Crippen LogP contribution in [0.5, 0.6) is 5.75 Å². The van der Waals surface area contributed by atoms with Crippen LogP contribution in [0.15, 0.2) is 36.4 Å². The molecule has 0 aliphatic carbocycles. The Morgan fingerprint density at radius 3 is 2.84 bits per heavy atom. The minimum atomic E-state index is 0.0381. The molecule has 0 radical (unpaired) electrons. The predicted octanol–water partition coefficient (Wildman–Crippen LogP) is 3.91. The van der Waals surface area contributed by atoms with Gasteiger partial charge in [0.15, 0.2) is 0 Å². The number of ether oxygens (including phenoxy) is 2. The van der Waals surface area contributed by atoms with Crippen LogP contribution in [0, 0.1) is 6.92 Å². The molecule has 2 atom stereocenters. The average Bonchev–Trinajstić information content (AvgIpc) is 3.31. The Morgan fingerprint density at radius 1 is 1.28 bits per heavy atom. The highest BCUT2D eigenvalue weighted by molar-refractivity contribution is 7.11. The van der Waals surface area contributed by atoms with Crippen LogP contribution in [-0.2, 0) is 11.3 Å². The van der Waals surface area contributed by atoms with Crippen molar-refractivity contribution in [2.45, 2.75) is 38.0 Å². The molecule has 4 nitrogen and oxygen atoms in total. The number of likely N-dealkylation sites (tertiary alicyclic amines) is 1. The molecular formula is C20H26N2O2S. The molecule has 2 saturated heterocycles. The Hall–Kier alpha value is -1.56. The van der Waals surface area contributed by atoms with E-state index >= 15 is 0 Å². The molecule has 1 spiro atoms. The van der Waals surface area contributed by atoms with Crippen LogP contribution in [-0.4, -0.2) is 43.3 Å². The topological polar surface area (TPSA) is 33.7 Å². The lowest BCUT2D eigenvalue weighted by molar-refractivity contribution is 0.0120. The van der Waals surface area contributed by atoms with E-state index in [1.54, 1.807) is 7.11 Å². The molecule has 4 rings (SSSR count). The van der Waals surface area contributed by atoms with Gasteiger partial charge >= 0.3 is 0 Å². The van der Waals surface area contributed by atoms with Gasteiger partial charge in [-0.25, -0.2) is 0 Å². The van der Waals surface area contributed by atoms with Crippen LogP contribution in [0.2, 0.25) is 0 Å². The zero-order chi connectivity index (χ0) is 17.3. The van der Waals surface area contributed by atoms with Crippen LogP contribution < -0.4 is 10.1 Å².